The zero-order valence-corrected chi connectivity index (χ0v) is 19.4. The van der Waals surface area contributed by atoms with Crippen molar-refractivity contribution in [3.05, 3.63) is 64.8 Å². The molecule has 154 valence electrons. The van der Waals surface area contributed by atoms with E-state index >= 15 is 0 Å². The van der Waals surface area contributed by atoms with Gasteiger partial charge in [0.25, 0.3) is 0 Å². The molecule has 3 unspecified atom stereocenters. The van der Waals surface area contributed by atoms with Gasteiger partial charge in [0.2, 0.25) is 0 Å². The van der Waals surface area contributed by atoms with Crippen LogP contribution in [0.25, 0.3) is 5.57 Å². The van der Waals surface area contributed by atoms with Gasteiger partial charge in [-0.25, -0.2) is 0 Å². The quantitative estimate of drug-likeness (QED) is 0.442. The van der Waals surface area contributed by atoms with Crippen molar-refractivity contribution in [3.8, 4) is 0 Å². The van der Waals surface area contributed by atoms with E-state index in [-0.39, 0.29) is 16.2 Å². The van der Waals surface area contributed by atoms with Crippen molar-refractivity contribution in [2.24, 2.45) is 21.7 Å². The van der Waals surface area contributed by atoms with Gasteiger partial charge in [0.05, 0.1) is 0 Å². The van der Waals surface area contributed by atoms with E-state index in [1.807, 2.05) is 0 Å². The number of rotatable bonds is 1. The van der Waals surface area contributed by atoms with Crippen LogP contribution in [0.5, 0.6) is 0 Å². The molecule has 3 atom stereocenters. The van der Waals surface area contributed by atoms with Crippen LogP contribution in [-0.4, -0.2) is 12.8 Å². The largest absolute Gasteiger partial charge is 0.296 e. The molecule has 0 spiro atoms. The predicted octanol–water partition coefficient (Wildman–Crippen LogP) is 7.49. The van der Waals surface area contributed by atoms with Crippen molar-refractivity contribution in [2.45, 2.75) is 72.6 Å². The minimum absolute atomic E-state index is 0.0108. The molecule has 2 bridgehead atoms. The predicted molar refractivity (Wildman–Crippen MR) is 127 cm³/mol. The number of aliphatic imine (C=N–C) groups is 1. The molecule has 0 saturated heterocycles. The van der Waals surface area contributed by atoms with Gasteiger partial charge in [0.1, 0.15) is 0 Å². The van der Waals surface area contributed by atoms with Gasteiger partial charge in [0.15, 0.2) is 0 Å². The highest BCUT2D eigenvalue weighted by molar-refractivity contribution is 5.89. The van der Waals surface area contributed by atoms with Crippen LogP contribution in [-0.2, 0) is 5.41 Å². The number of allylic oxidation sites excluding steroid dienone is 4. The highest BCUT2D eigenvalue weighted by Gasteiger charge is 2.51. The second-order valence-electron chi connectivity index (χ2n) is 10.9. The van der Waals surface area contributed by atoms with Crippen LogP contribution < -0.4 is 0 Å². The third-order valence-electron chi connectivity index (χ3n) is 7.97. The van der Waals surface area contributed by atoms with Gasteiger partial charge < -0.3 is 0 Å². The van der Waals surface area contributed by atoms with Crippen molar-refractivity contribution in [1.82, 2.24) is 0 Å². The number of hydrogen-bond acceptors (Lipinski definition) is 1. The summed E-state index contributed by atoms with van der Waals surface area (Å²) in [5.41, 5.74) is 8.86. The molecule has 0 N–H and O–H groups in total. The molecule has 2 aliphatic carbocycles. The Hall–Kier alpha value is -1.89. The van der Waals surface area contributed by atoms with Crippen molar-refractivity contribution in [1.29, 1.82) is 0 Å². The van der Waals surface area contributed by atoms with Crippen molar-refractivity contribution in [2.75, 3.05) is 6.54 Å². The average Bonchev–Trinajstić information content (AvgIpc) is 2.64. The van der Waals surface area contributed by atoms with Gasteiger partial charge in [-0.2, -0.15) is 0 Å². The molecule has 0 aromatic heterocycles. The Morgan fingerprint density at radius 2 is 1.86 bits per heavy atom. The number of benzene rings is 1. The molecule has 1 aliphatic heterocycles. The highest BCUT2D eigenvalue weighted by Crippen LogP contribution is 2.61. The lowest BCUT2D eigenvalue weighted by Crippen LogP contribution is -2.44. The van der Waals surface area contributed by atoms with Crippen LogP contribution in [0.1, 0.15) is 83.9 Å². The monoisotopic (exact) mass is 387 g/mol. The second kappa shape index (κ2) is 6.56. The first-order valence-corrected chi connectivity index (χ1v) is 11.3. The van der Waals surface area contributed by atoms with E-state index in [1.54, 1.807) is 5.57 Å². The lowest BCUT2D eigenvalue weighted by atomic mass is 9.50. The molecule has 1 aromatic carbocycles. The molecule has 1 nitrogen and oxygen atoms in total. The normalized spacial score (nSPS) is 32.6. The third-order valence-corrected chi connectivity index (χ3v) is 7.97. The molecule has 1 aromatic rings. The summed E-state index contributed by atoms with van der Waals surface area (Å²) in [6.07, 6.45) is 9.22. The zero-order chi connectivity index (χ0) is 21.2. The van der Waals surface area contributed by atoms with Crippen LogP contribution >= 0.6 is 0 Å². The van der Waals surface area contributed by atoms with Crippen LogP contribution in [0.15, 0.2) is 53.1 Å². The number of nitrogens with zero attached hydrogens (tertiary/aromatic N) is 1. The molecule has 1 heteroatoms. The van der Waals surface area contributed by atoms with Crippen molar-refractivity contribution >= 4 is 11.8 Å². The minimum Gasteiger partial charge on any atom is -0.296 e. The molecule has 0 fully saturated rings. The molecule has 0 saturated carbocycles. The Morgan fingerprint density at radius 1 is 1.14 bits per heavy atom. The van der Waals surface area contributed by atoms with E-state index in [4.69, 9.17) is 11.6 Å². The fourth-order valence-electron chi connectivity index (χ4n) is 6.74. The van der Waals surface area contributed by atoms with Crippen LogP contribution in [0.2, 0.25) is 0 Å². The van der Waals surface area contributed by atoms with Gasteiger partial charge in [-0.05, 0) is 58.9 Å². The maximum atomic E-state index is 4.99. The Labute approximate surface area is 177 Å². The lowest BCUT2D eigenvalue weighted by molar-refractivity contribution is 0.210. The summed E-state index contributed by atoms with van der Waals surface area (Å²) in [6, 6.07) is 6.87. The fraction of sp³-hybridized carbons (Fsp3) is 0.536. The Bertz CT molecular complexity index is 953. The topological polar surface area (TPSA) is 12.4 Å². The Balaban J connectivity index is 2.13. The summed E-state index contributed by atoms with van der Waals surface area (Å²) in [5, 5.41) is 0. The molecule has 1 heterocycles. The summed E-state index contributed by atoms with van der Waals surface area (Å²) in [5.74, 6) is 0.753. The minimum atomic E-state index is 0.0108. The Morgan fingerprint density at radius 3 is 2.55 bits per heavy atom. The van der Waals surface area contributed by atoms with E-state index in [0.717, 1.165) is 6.54 Å². The number of hydrogen-bond donors (Lipinski definition) is 0. The first-order chi connectivity index (χ1) is 13.5. The van der Waals surface area contributed by atoms with Gasteiger partial charge >= 0.3 is 0 Å². The van der Waals surface area contributed by atoms with E-state index in [9.17, 15) is 0 Å². The van der Waals surface area contributed by atoms with E-state index in [1.165, 1.54) is 40.7 Å². The van der Waals surface area contributed by atoms with E-state index in [2.05, 4.69) is 85.0 Å². The standard InChI is InChI=1S/C28H37N/c1-9-14-28(8)17-29-16-18(2)20-11-10-12-21-23(20)19(3)24-22(28)13-15-26(4,5)25(24)27(21,6)7/h9-12,14,16,18,22H,3,13,15,17H2,1-2,4-8H3. The summed E-state index contributed by atoms with van der Waals surface area (Å²) < 4.78 is 0. The molecule has 29 heavy (non-hydrogen) atoms. The van der Waals surface area contributed by atoms with Gasteiger partial charge in [0, 0.05) is 29.5 Å². The van der Waals surface area contributed by atoms with Gasteiger partial charge in [-0.1, -0.05) is 84.0 Å². The summed E-state index contributed by atoms with van der Waals surface area (Å²) in [6.45, 7) is 22.2. The van der Waals surface area contributed by atoms with E-state index in [0.29, 0.717) is 11.8 Å². The second-order valence-corrected chi connectivity index (χ2v) is 10.9. The van der Waals surface area contributed by atoms with Crippen molar-refractivity contribution in [3.63, 3.8) is 0 Å². The van der Waals surface area contributed by atoms with Crippen molar-refractivity contribution < 1.29 is 0 Å². The first-order valence-electron chi connectivity index (χ1n) is 11.3. The van der Waals surface area contributed by atoms with Crippen LogP contribution in [0.3, 0.4) is 0 Å². The molecule has 4 rings (SSSR count). The van der Waals surface area contributed by atoms with E-state index < -0.39 is 0 Å². The third kappa shape index (κ3) is 2.84. The SMILES string of the molecule is C=C1C2=C3C(C)(C)CCC2C(C)(C=CC)CN=CC(C)c2cccc(c21)C3(C)C. The average molecular weight is 388 g/mol. The molecule has 3 aliphatic rings. The Kier molecular flexibility index (Phi) is 4.61. The molecular weight excluding hydrogens is 350 g/mol. The molecule has 0 radical (unpaired) electrons. The van der Waals surface area contributed by atoms with Crippen LogP contribution in [0.4, 0.5) is 0 Å². The maximum absolute atomic E-state index is 4.99. The summed E-state index contributed by atoms with van der Waals surface area (Å²) >= 11 is 0. The summed E-state index contributed by atoms with van der Waals surface area (Å²) in [4.78, 5) is 4.99. The first kappa shape index (κ1) is 20.4. The molecule has 0 amide bonds. The zero-order valence-electron chi connectivity index (χ0n) is 19.4. The van der Waals surface area contributed by atoms with Crippen LogP contribution in [0, 0.1) is 16.7 Å². The lowest BCUT2D eigenvalue weighted by Gasteiger charge is -2.54. The van der Waals surface area contributed by atoms with Gasteiger partial charge in [-0.3, -0.25) is 4.99 Å². The highest BCUT2D eigenvalue weighted by atomic mass is 14.7. The fourth-order valence-corrected chi connectivity index (χ4v) is 6.74. The van der Waals surface area contributed by atoms with Gasteiger partial charge in [-0.15, -0.1) is 0 Å². The summed E-state index contributed by atoms with van der Waals surface area (Å²) in [7, 11) is 0. The maximum Gasteiger partial charge on any atom is 0.0479 e. The smallest absolute Gasteiger partial charge is 0.0479 e. The molecular formula is C28H37N.